The maximum Gasteiger partial charge on any atom is 0.317 e. The molecular formula is C18H21NO5. The van der Waals surface area contributed by atoms with Crippen molar-refractivity contribution in [2.45, 2.75) is 32.2 Å². The van der Waals surface area contributed by atoms with Gasteiger partial charge in [0.1, 0.15) is 17.5 Å². The van der Waals surface area contributed by atoms with E-state index in [2.05, 4.69) is 5.32 Å². The zero-order chi connectivity index (χ0) is 18.1. The number of Topliss-reactive ketones (excluding diaryl/α,β-unsaturated/α-hetero) is 1. The summed E-state index contributed by atoms with van der Waals surface area (Å²) in [6, 6.07) is 8.69. The van der Waals surface area contributed by atoms with Crippen LogP contribution in [-0.4, -0.2) is 35.4 Å². The molecule has 2 N–H and O–H groups in total. The summed E-state index contributed by atoms with van der Waals surface area (Å²) >= 11 is 0. The van der Waals surface area contributed by atoms with E-state index in [1.165, 1.54) is 14.0 Å². The zero-order valence-corrected chi connectivity index (χ0v) is 14.1. The lowest BCUT2D eigenvalue weighted by atomic mass is 9.77. The quantitative estimate of drug-likeness (QED) is 0.635. The van der Waals surface area contributed by atoms with Crippen LogP contribution >= 0.6 is 0 Å². The van der Waals surface area contributed by atoms with Gasteiger partial charge in [0.15, 0.2) is 0 Å². The number of ether oxygens (including phenoxy) is 1. The highest BCUT2D eigenvalue weighted by Gasteiger charge is 2.47. The molecule has 2 rings (SSSR count). The summed E-state index contributed by atoms with van der Waals surface area (Å²) in [6.45, 7) is 4.57. The molecule has 128 valence electrons. The predicted octanol–water partition coefficient (Wildman–Crippen LogP) is 1.87. The summed E-state index contributed by atoms with van der Waals surface area (Å²) in [7, 11) is 1.19. The Morgan fingerprint density at radius 1 is 1.21 bits per heavy atom. The molecule has 1 heterocycles. The molecule has 2 atom stereocenters. The lowest BCUT2D eigenvalue weighted by molar-refractivity contribution is -0.149. The van der Waals surface area contributed by atoms with Crippen LogP contribution in [-0.2, 0) is 19.1 Å². The number of aliphatic hydroxyl groups is 1. The highest BCUT2D eigenvalue weighted by molar-refractivity contribution is 6.05. The Bertz CT molecular complexity index is 705. The van der Waals surface area contributed by atoms with Crippen LogP contribution in [0, 0.1) is 5.92 Å². The number of carbonyl (C=O) groups excluding carboxylic acids is 3. The molecule has 0 radical (unpaired) electrons. The number of carbonyl (C=O) groups is 3. The second-order valence-electron chi connectivity index (χ2n) is 6.34. The van der Waals surface area contributed by atoms with Gasteiger partial charge in [-0.15, -0.1) is 0 Å². The number of hydrogen-bond donors (Lipinski definition) is 2. The van der Waals surface area contributed by atoms with Crippen LogP contribution in [0.25, 0.3) is 0 Å². The first-order chi connectivity index (χ1) is 11.2. The van der Waals surface area contributed by atoms with E-state index in [0.717, 1.165) is 0 Å². The van der Waals surface area contributed by atoms with Gasteiger partial charge in [-0.1, -0.05) is 30.3 Å². The van der Waals surface area contributed by atoms with Gasteiger partial charge >= 0.3 is 5.97 Å². The highest BCUT2D eigenvalue weighted by atomic mass is 16.5. The van der Waals surface area contributed by atoms with Gasteiger partial charge in [0, 0.05) is 5.92 Å². The van der Waals surface area contributed by atoms with Crippen LogP contribution in [0.15, 0.2) is 41.7 Å². The fraction of sp³-hybridized carbons (Fsp3) is 0.389. The van der Waals surface area contributed by atoms with Crippen molar-refractivity contribution in [3.05, 3.63) is 47.2 Å². The average Bonchev–Trinajstić information content (AvgIpc) is 2.73. The first-order valence-electron chi connectivity index (χ1n) is 7.60. The first kappa shape index (κ1) is 17.7. The first-order valence-corrected chi connectivity index (χ1v) is 7.60. The molecule has 0 bridgehead atoms. The molecule has 24 heavy (non-hydrogen) atoms. The summed E-state index contributed by atoms with van der Waals surface area (Å²) in [5.41, 5.74) is -0.356. The molecule has 0 spiro atoms. The normalized spacial score (nSPS) is 18.8. The molecule has 0 saturated carbocycles. The minimum Gasteiger partial charge on any atom is -0.509 e. The molecule has 0 aliphatic carbocycles. The maximum atomic E-state index is 12.5. The monoisotopic (exact) mass is 331 g/mol. The number of esters is 1. The Balaban J connectivity index is 2.69. The Hall–Kier alpha value is -2.63. The van der Waals surface area contributed by atoms with Gasteiger partial charge in [0.2, 0.25) is 0 Å². The van der Waals surface area contributed by atoms with E-state index >= 15 is 0 Å². The smallest absolute Gasteiger partial charge is 0.317 e. The number of rotatable bonds is 5. The van der Waals surface area contributed by atoms with Crippen LogP contribution in [0.2, 0.25) is 0 Å². The van der Waals surface area contributed by atoms with Crippen molar-refractivity contribution in [2.75, 3.05) is 7.11 Å². The van der Waals surface area contributed by atoms with Crippen LogP contribution in [0.3, 0.4) is 0 Å². The molecule has 6 heteroatoms. The second kappa shape index (κ2) is 6.47. The third-order valence-corrected chi connectivity index (χ3v) is 4.21. The Labute approximate surface area is 140 Å². The lowest BCUT2D eigenvalue weighted by Gasteiger charge is -2.24. The van der Waals surface area contributed by atoms with Crippen molar-refractivity contribution >= 4 is 17.7 Å². The Kier molecular flexibility index (Phi) is 4.78. The van der Waals surface area contributed by atoms with Crippen molar-refractivity contribution in [1.29, 1.82) is 0 Å². The number of ketones is 1. The van der Waals surface area contributed by atoms with Crippen molar-refractivity contribution in [1.82, 2.24) is 5.32 Å². The topological polar surface area (TPSA) is 92.7 Å². The molecule has 2 unspecified atom stereocenters. The number of benzene rings is 1. The number of hydrogen-bond acceptors (Lipinski definition) is 5. The largest absolute Gasteiger partial charge is 0.509 e. The molecule has 1 aliphatic rings. The molecule has 6 nitrogen and oxygen atoms in total. The number of methoxy groups -OCH3 is 1. The van der Waals surface area contributed by atoms with Crippen LogP contribution in [0.5, 0.6) is 0 Å². The van der Waals surface area contributed by atoms with Crippen LogP contribution in [0.4, 0.5) is 0 Å². The fourth-order valence-corrected chi connectivity index (χ4v) is 2.99. The van der Waals surface area contributed by atoms with Gasteiger partial charge in [-0.05, 0) is 26.3 Å². The van der Waals surface area contributed by atoms with E-state index in [-0.39, 0.29) is 11.3 Å². The van der Waals surface area contributed by atoms with Crippen molar-refractivity contribution in [3.8, 4) is 0 Å². The lowest BCUT2D eigenvalue weighted by Crippen LogP contribution is -2.38. The van der Waals surface area contributed by atoms with Crippen LogP contribution < -0.4 is 5.32 Å². The van der Waals surface area contributed by atoms with Crippen LogP contribution in [0.1, 0.15) is 32.3 Å². The summed E-state index contributed by atoms with van der Waals surface area (Å²) < 4.78 is 4.76. The van der Waals surface area contributed by atoms with E-state index in [9.17, 15) is 19.5 Å². The van der Waals surface area contributed by atoms with Gasteiger partial charge in [-0.25, -0.2) is 0 Å². The number of nitrogens with one attached hydrogen (secondary N) is 1. The van der Waals surface area contributed by atoms with Gasteiger partial charge in [-0.2, -0.15) is 0 Å². The van der Waals surface area contributed by atoms with E-state index in [4.69, 9.17) is 4.74 Å². The molecule has 1 aromatic rings. The van der Waals surface area contributed by atoms with Crippen molar-refractivity contribution in [3.63, 3.8) is 0 Å². The maximum absolute atomic E-state index is 12.5. The summed E-state index contributed by atoms with van der Waals surface area (Å²) in [6.07, 6.45) is 0. The standard InChI is InChI=1S/C18H21NO5/c1-10(20)12(17(23)24-4)13(11-8-6-5-7-9-11)14-15(21)18(2,3)19-16(14)22/h5-9,12-13,21H,1-4H3,(H,19,22). The van der Waals surface area contributed by atoms with Gasteiger partial charge in [0.25, 0.3) is 5.91 Å². The number of aliphatic hydroxyl groups excluding tert-OH is 1. The minimum absolute atomic E-state index is 0.0248. The molecule has 0 aromatic heterocycles. The van der Waals surface area contributed by atoms with Gasteiger partial charge < -0.3 is 15.2 Å². The Morgan fingerprint density at radius 2 is 1.79 bits per heavy atom. The minimum atomic E-state index is -1.21. The third-order valence-electron chi connectivity index (χ3n) is 4.21. The predicted molar refractivity (Wildman–Crippen MR) is 87.2 cm³/mol. The summed E-state index contributed by atoms with van der Waals surface area (Å²) in [5.74, 6) is -3.98. The van der Waals surface area contributed by atoms with E-state index in [0.29, 0.717) is 5.56 Å². The van der Waals surface area contributed by atoms with Gasteiger partial charge in [0.05, 0.1) is 18.2 Å². The molecular weight excluding hydrogens is 310 g/mol. The van der Waals surface area contributed by atoms with Gasteiger partial charge in [-0.3, -0.25) is 14.4 Å². The van der Waals surface area contributed by atoms with E-state index in [1.807, 2.05) is 0 Å². The SMILES string of the molecule is COC(=O)C(C(C)=O)C(C1=C(O)C(C)(C)NC1=O)c1ccccc1. The fourth-order valence-electron chi connectivity index (χ4n) is 2.99. The van der Waals surface area contributed by atoms with E-state index in [1.54, 1.807) is 44.2 Å². The highest BCUT2D eigenvalue weighted by Crippen LogP contribution is 2.40. The zero-order valence-electron chi connectivity index (χ0n) is 14.1. The Morgan fingerprint density at radius 3 is 2.21 bits per heavy atom. The molecule has 1 aromatic carbocycles. The number of amides is 1. The van der Waals surface area contributed by atoms with E-state index < -0.39 is 35.0 Å². The second-order valence-corrected chi connectivity index (χ2v) is 6.34. The third kappa shape index (κ3) is 3.04. The average molecular weight is 331 g/mol. The molecule has 1 aliphatic heterocycles. The molecule has 0 saturated heterocycles. The molecule has 0 fully saturated rings. The van der Waals surface area contributed by atoms with Crippen molar-refractivity contribution < 1.29 is 24.2 Å². The summed E-state index contributed by atoms with van der Waals surface area (Å²) in [5, 5.41) is 13.2. The van der Waals surface area contributed by atoms with Crippen molar-refractivity contribution in [2.24, 2.45) is 5.92 Å². The molecule has 1 amide bonds. The summed E-state index contributed by atoms with van der Waals surface area (Å²) in [4.78, 5) is 36.8.